The summed E-state index contributed by atoms with van der Waals surface area (Å²) >= 11 is 18.5. The maximum atomic E-state index is 12.1. The molecular weight excluding hydrogens is 477 g/mol. The second-order valence-corrected chi connectivity index (χ2v) is 8.20. The van der Waals surface area contributed by atoms with Crippen LogP contribution in [0.25, 0.3) is 0 Å². The Kier molecular flexibility index (Phi) is 9.44. The zero-order chi connectivity index (χ0) is 22.9. The first-order valence-corrected chi connectivity index (χ1v) is 11.2. The van der Waals surface area contributed by atoms with Gasteiger partial charge >= 0.3 is 0 Å². The van der Waals surface area contributed by atoms with Crippen LogP contribution in [0.4, 0.5) is 0 Å². The molecule has 172 valence electrons. The van der Waals surface area contributed by atoms with E-state index in [1.807, 2.05) is 17.9 Å². The third-order valence-corrected chi connectivity index (χ3v) is 5.59. The largest absolute Gasteiger partial charge is 0.490 e. The van der Waals surface area contributed by atoms with Crippen molar-refractivity contribution >= 4 is 46.9 Å². The van der Waals surface area contributed by atoms with Crippen LogP contribution in [0.5, 0.6) is 11.5 Å². The van der Waals surface area contributed by atoms with Gasteiger partial charge in [0.15, 0.2) is 11.5 Å². The fraction of sp³-hybridized carbons (Fsp3) is 0.364. The molecule has 1 heterocycles. The van der Waals surface area contributed by atoms with Crippen LogP contribution in [0.2, 0.25) is 15.1 Å². The topological polar surface area (TPSA) is 72.4 Å². The number of hydrazone groups is 1. The highest BCUT2D eigenvalue weighted by atomic mass is 35.5. The first-order valence-electron chi connectivity index (χ1n) is 10.1. The fourth-order valence-corrected chi connectivity index (χ4v) is 3.62. The third-order valence-electron chi connectivity index (χ3n) is 4.57. The second kappa shape index (κ2) is 12.3. The van der Waals surface area contributed by atoms with Gasteiger partial charge in [-0.2, -0.15) is 5.10 Å². The number of benzene rings is 2. The molecule has 0 unspecified atom stereocenters. The number of nitrogens with one attached hydrogen (secondary N) is 1. The average Bonchev–Trinajstić information content (AvgIpc) is 2.76. The van der Waals surface area contributed by atoms with Gasteiger partial charge in [-0.1, -0.05) is 40.9 Å². The molecule has 3 rings (SSSR count). The average molecular weight is 501 g/mol. The Morgan fingerprint density at radius 1 is 1.12 bits per heavy atom. The molecule has 0 radical (unpaired) electrons. The summed E-state index contributed by atoms with van der Waals surface area (Å²) in [6, 6.07) is 8.70. The molecular formula is C22H24Cl3N3O4. The monoisotopic (exact) mass is 499 g/mol. The lowest BCUT2D eigenvalue weighted by atomic mass is 10.2. The molecule has 1 amide bonds. The Hall–Kier alpha value is -2.03. The minimum Gasteiger partial charge on any atom is -0.490 e. The van der Waals surface area contributed by atoms with Gasteiger partial charge in [0.05, 0.1) is 47.6 Å². The quantitative estimate of drug-likeness (QED) is 0.408. The summed E-state index contributed by atoms with van der Waals surface area (Å²) in [5.41, 5.74) is 4.03. The van der Waals surface area contributed by atoms with Crippen molar-refractivity contribution in [3.8, 4) is 11.5 Å². The lowest BCUT2D eigenvalue weighted by molar-refractivity contribution is -0.123. The smallest absolute Gasteiger partial charge is 0.254 e. The van der Waals surface area contributed by atoms with Crippen LogP contribution in [0.1, 0.15) is 18.1 Å². The molecule has 7 nitrogen and oxygen atoms in total. The number of carbonyl (C=O) groups excluding carboxylic acids is 1. The van der Waals surface area contributed by atoms with E-state index in [2.05, 4.69) is 10.5 Å². The summed E-state index contributed by atoms with van der Waals surface area (Å²) in [6.07, 6.45) is 1.51. The Labute approximate surface area is 202 Å². The molecule has 1 fully saturated rings. The Morgan fingerprint density at radius 3 is 2.62 bits per heavy atom. The van der Waals surface area contributed by atoms with Gasteiger partial charge in [-0.05, 0) is 42.3 Å². The van der Waals surface area contributed by atoms with Crippen molar-refractivity contribution in [3.63, 3.8) is 0 Å². The van der Waals surface area contributed by atoms with Crippen molar-refractivity contribution in [2.75, 3.05) is 39.5 Å². The molecule has 1 aliphatic heterocycles. The van der Waals surface area contributed by atoms with E-state index >= 15 is 0 Å². The lowest BCUT2D eigenvalue weighted by Gasteiger charge is -2.25. The summed E-state index contributed by atoms with van der Waals surface area (Å²) in [6.45, 7) is 5.53. The van der Waals surface area contributed by atoms with E-state index < -0.39 is 0 Å². The molecule has 0 aromatic heterocycles. The predicted molar refractivity (Wildman–Crippen MR) is 126 cm³/mol. The molecule has 1 saturated heterocycles. The van der Waals surface area contributed by atoms with E-state index in [9.17, 15) is 4.79 Å². The summed E-state index contributed by atoms with van der Waals surface area (Å²) in [7, 11) is 0. The summed E-state index contributed by atoms with van der Waals surface area (Å²) in [5.74, 6) is 0.690. The van der Waals surface area contributed by atoms with Gasteiger partial charge in [-0.25, -0.2) is 5.43 Å². The molecule has 0 atom stereocenters. The lowest BCUT2D eigenvalue weighted by Crippen LogP contribution is -2.42. The molecule has 1 aliphatic rings. The van der Waals surface area contributed by atoms with Gasteiger partial charge in [0.2, 0.25) is 0 Å². The van der Waals surface area contributed by atoms with Crippen LogP contribution in [0.3, 0.4) is 0 Å². The number of halogens is 3. The maximum Gasteiger partial charge on any atom is 0.254 e. The van der Waals surface area contributed by atoms with Gasteiger partial charge in [-0.15, -0.1) is 0 Å². The Morgan fingerprint density at radius 2 is 1.91 bits per heavy atom. The maximum absolute atomic E-state index is 12.1. The normalized spacial score (nSPS) is 14.5. The minimum absolute atomic E-state index is 0.194. The third kappa shape index (κ3) is 7.25. The van der Waals surface area contributed by atoms with Crippen LogP contribution in [0, 0.1) is 0 Å². The first kappa shape index (κ1) is 24.6. The second-order valence-electron chi connectivity index (χ2n) is 6.98. The molecule has 10 heteroatoms. The molecule has 0 aliphatic carbocycles. The zero-order valence-corrected chi connectivity index (χ0v) is 19.8. The molecule has 0 spiro atoms. The molecule has 0 saturated carbocycles. The number of carbonyl (C=O) groups is 1. The molecule has 0 bridgehead atoms. The summed E-state index contributed by atoms with van der Waals surface area (Å²) in [5, 5.41) is 5.31. The van der Waals surface area contributed by atoms with Gasteiger partial charge in [0.1, 0.15) is 6.61 Å². The number of hydrogen-bond donors (Lipinski definition) is 1. The molecule has 32 heavy (non-hydrogen) atoms. The van der Waals surface area contributed by atoms with Crippen LogP contribution in [-0.4, -0.2) is 56.5 Å². The highest BCUT2D eigenvalue weighted by Gasteiger charge is 2.15. The Balaban J connectivity index is 1.63. The first-order chi connectivity index (χ1) is 15.5. The number of rotatable bonds is 9. The summed E-state index contributed by atoms with van der Waals surface area (Å²) < 4.78 is 16.9. The fourth-order valence-electron chi connectivity index (χ4n) is 3.03. The SMILES string of the molecule is CCOc1cc(/C=N\NC(=O)CN2CCOCC2)cc(Cl)c1OCc1ccc(Cl)c(Cl)c1. The van der Waals surface area contributed by atoms with Gasteiger partial charge in [0.25, 0.3) is 5.91 Å². The van der Waals surface area contributed by atoms with Crippen LogP contribution >= 0.6 is 34.8 Å². The van der Waals surface area contributed by atoms with Crippen LogP contribution in [-0.2, 0) is 16.1 Å². The number of morpholine rings is 1. The van der Waals surface area contributed by atoms with Gasteiger partial charge < -0.3 is 14.2 Å². The van der Waals surface area contributed by atoms with E-state index in [1.165, 1.54) is 6.21 Å². The van der Waals surface area contributed by atoms with Crippen molar-refractivity contribution in [1.82, 2.24) is 10.3 Å². The van der Waals surface area contributed by atoms with Crippen molar-refractivity contribution < 1.29 is 19.0 Å². The number of hydrogen-bond acceptors (Lipinski definition) is 6. The van der Waals surface area contributed by atoms with E-state index in [-0.39, 0.29) is 19.1 Å². The number of ether oxygens (including phenoxy) is 3. The molecule has 2 aromatic rings. The van der Waals surface area contributed by atoms with E-state index in [0.29, 0.717) is 52.0 Å². The van der Waals surface area contributed by atoms with Crippen molar-refractivity contribution in [1.29, 1.82) is 0 Å². The van der Waals surface area contributed by atoms with Gasteiger partial charge in [-0.3, -0.25) is 9.69 Å². The van der Waals surface area contributed by atoms with E-state index in [0.717, 1.165) is 18.7 Å². The van der Waals surface area contributed by atoms with Gasteiger partial charge in [0, 0.05) is 13.1 Å². The zero-order valence-electron chi connectivity index (χ0n) is 17.6. The highest BCUT2D eigenvalue weighted by Crippen LogP contribution is 2.37. The number of amides is 1. The highest BCUT2D eigenvalue weighted by molar-refractivity contribution is 6.42. The molecule has 2 aromatic carbocycles. The van der Waals surface area contributed by atoms with Crippen molar-refractivity contribution in [2.24, 2.45) is 5.10 Å². The van der Waals surface area contributed by atoms with E-state index in [1.54, 1.807) is 24.3 Å². The van der Waals surface area contributed by atoms with Crippen molar-refractivity contribution in [3.05, 3.63) is 56.5 Å². The van der Waals surface area contributed by atoms with Crippen LogP contribution < -0.4 is 14.9 Å². The molecule has 1 N–H and O–H groups in total. The van der Waals surface area contributed by atoms with Crippen molar-refractivity contribution in [2.45, 2.75) is 13.5 Å². The Bertz CT molecular complexity index is 966. The standard InChI is InChI=1S/C22H24Cl3N3O4/c1-2-31-20-11-16(12-26-27-21(29)13-28-5-7-30-8-6-28)10-19(25)22(20)32-14-15-3-4-17(23)18(24)9-15/h3-4,9-12H,2,5-8,13-14H2,1H3,(H,27,29)/b26-12-. The predicted octanol–water partition coefficient (Wildman–Crippen LogP) is 4.41. The number of nitrogens with zero attached hydrogens (tertiary/aromatic N) is 2. The van der Waals surface area contributed by atoms with E-state index in [4.69, 9.17) is 49.0 Å². The minimum atomic E-state index is -0.194. The van der Waals surface area contributed by atoms with Crippen LogP contribution in [0.15, 0.2) is 35.4 Å². The summed E-state index contributed by atoms with van der Waals surface area (Å²) in [4.78, 5) is 14.1.